The largest absolute Gasteiger partial charge is 0.507 e. The predicted octanol–water partition coefficient (Wildman–Crippen LogP) is 10.3. The third-order valence-corrected chi connectivity index (χ3v) is 10.2. The Morgan fingerprint density at radius 1 is 0.282 bits per heavy atom. The molecular formula is C56H36O15. The highest BCUT2D eigenvalue weighted by Gasteiger charge is 2.24. The van der Waals surface area contributed by atoms with Crippen molar-refractivity contribution < 1.29 is 72.5 Å². The van der Waals surface area contributed by atoms with Crippen LogP contribution < -0.4 is 28.4 Å². The number of phenolic OH excluding ortho intramolecular Hbond substituents is 3. The van der Waals surface area contributed by atoms with Crippen LogP contribution in [0.15, 0.2) is 188 Å². The molecular weight excluding hydrogens is 913 g/mol. The molecule has 0 atom stereocenters. The van der Waals surface area contributed by atoms with Crippen LogP contribution in [0.2, 0.25) is 0 Å². The smallest absolute Gasteiger partial charge is 0.347 e. The van der Waals surface area contributed by atoms with Crippen molar-refractivity contribution in [2.75, 3.05) is 0 Å². The number of hydrogen-bond acceptors (Lipinski definition) is 15. The highest BCUT2D eigenvalue weighted by molar-refractivity contribution is 6.00. The predicted molar refractivity (Wildman–Crippen MR) is 255 cm³/mol. The third-order valence-electron chi connectivity index (χ3n) is 10.2. The minimum Gasteiger partial charge on any atom is -0.507 e. The van der Waals surface area contributed by atoms with E-state index >= 15 is 0 Å². The Hall–Kier alpha value is -10.3. The SMILES string of the molecule is O=C(Oc1ccccc1C(=O)Oc1ccc(C=Cc2cc(OC(=O)c3ccccc3OC(=O)c3ccccc3O)cc(OC(=O)c3ccccc3OC(=O)c3ccccc3O)c2)cc1)c1ccccc1O. The Kier molecular flexibility index (Phi) is 14.3. The van der Waals surface area contributed by atoms with Crippen molar-refractivity contribution in [1.29, 1.82) is 0 Å². The van der Waals surface area contributed by atoms with Crippen molar-refractivity contribution in [2.24, 2.45) is 0 Å². The van der Waals surface area contributed by atoms with E-state index in [2.05, 4.69) is 0 Å². The summed E-state index contributed by atoms with van der Waals surface area (Å²) in [5.74, 6) is -6.96. The molecule has 0 aliphatic rings. The maximum absolute atomic E-state index is 13.8. The van der Waals surface area contributed by atoms with E-state index in [0.29, 0.717) is 11.1 Å². The summed E-state index contributed by atoms with van der Waals surface area (Å²) in [6.45, 7) is 0. The average Bonchev–Trinajstić information content (AvgIpc) is 3.37. The monoisotopic (exact) mass is 948 g/mol. The molecule has 15 nitrogen and oxygen atoms in total. The van der Waals surface area contributed by atoms with Crippen molar-refractivity contribution in [3.63, 3.8) is 0 Å². The van der Waals surface area contributed by atoms with Crippen LogP contribution >= 0.6 is 0 Å². The van der Waals surface area contributed by atoms with Gasteiger partial charge in [0.15, 0.2) is 0 Å². The molecule has 0 heterocycles. The van der Waals surface area contributed by atoms with Gasteiger partial charge in [-0.2, -0.15) is 0 Å². The molecule has 3 N–H and O–H groups in total. The zero-order valence-corrected chi connectivity index (χ0v) is 36.8. The Bertz CT molecular complexity index is 3240. The number of carbonyl (C=O) groups excluding carboxylic acids is 6. The summed E-state index contributed by atoms with van der Waals surface area (Å²) in [5.41, 5.74) is 0.212. The van der Waals surface area contributed by atoms with E-state index < -0.39 is 35.8 Å². The molecule has 0 aliphatic carbocycles. The topological polar surface area (TPSA) is 218 Å². The molecule has 8 aromatic carbocycles. The molecule has 0 aromatic heterocycles. The third kappa shape index (κ3) is 11.6. The maximum atomic E-state index is 13.8. The van der Waals surface area contributed by atoms with Gasteiger partial charge in [0.2, 0.25) is 0 Å². The van der Waals surface area contributed by atoms with Gasteiger partial charge in [0, 0.05) is 6.07 Å². The fraction of sp³-hybridized carbons (Fsp3) is 0. The molecule has 0 unspecified atom stereocenters. The first-order chi connectivity index (χ1) is 34.4. The summed E-state index contributed by atoms with van der Waals surface area (Å²) in [4.78, 5) is 79.6. The summed E-state index contributed by atoms with van der Waals surface area (Å²) < 4.78 is 33.5. The average molecular weight is 949 g/mol. The number of rotatable bonds is 14. The van der Waals surface area contributed by atoms with Crippen LogP contribution in [0, 0.1) is 0 Å². The van der Waals surface area contributed by atoms with Crippen molar-refractivity contribution in [2.45, 2.75) is 0 Å². The summed E-state index contributed by atoms with van der Waals surface area (Å²) in [7, 11) is 0. The summed E-state index contributed by atoms with van der Waals surface area (Å²) >= 11 is 0. The van der Waals surface area contributed by atoms with Crippen LogP contribution in [0.4, 0.5) is 0 Å². The molecule has 350 valence electrons. The molecule has 0 spiro atoms. The van der Waals surface area contributed by atoms with Gasteiger partial charge in [0.1, 0.15) is 85.1 Å². The van der Waals surface area contributed by atoms with Crippen LogP contribution in [0.25, 0.3) is 12.2 Å². The second-order valence-electron chi connectivity index (χ2n) is 15.0. The molecule has 0 fully saturated rings. The van der Waals surface area contributed by atoms with E-state index in [1.807, 2.05) is 0 Å². The van der Waals surface area contributed by atoms with Gasteiger partial charge in [-0.25, -0.2) is 28.8 Å². The summed E-state index contributed by atoms with van der Waals surface area (Å²) in [6, 6.07) is 45.3. The van der Waals surface area contributed by atoms with E-state index in [1.54, 1.807) is 48.6 Å². The molecule has 0 amide bonds. The second kappa shape index (κ2) is 21.6. The summed E-state index contributed by atoms with van der Waals surface area (Å²) in [5, 5.41) is 30.5. The van der Waals surface area contributed by atoms with E-state index in [0.717, 1.165) is 0 Å². The fourth-order valence-electron chi connectivity index (χ4n) is 6.71. The van der Waals surface area contributed by atoms with Crippen LogP contribution in [0.5, 0.6) is 51.7 Å². The standard InChI is InChI=1S/C56H36O15/c57-45-19-7-1-13-39(45)51(60)69-48-22-10-4-16-42(48)54(63)66-36-29-27-34(28-30-36)25-26-35-31-37(67-55(64)43-17-5-11-23-49(43)70-52(61)40-14-2-8-20-46(40)58)33-38(32-35)68-56(65)44-18-6-12-24-50(44)71-53(62)41-15-3-9-21-47(41)59/h1-33,57-59H. The first kappa shape index (κ1) is 47.2. The number of ether oxygens (including phenoxy) is 6. The van der Waals surface area contributed by atoms with Gasteiger partial charge in [0.05, 0.1) is 0 Å². The minimum atomic E-state index is -0.966. The highest BCUT2D eigenvalue weighted by Crippen LogP contribution is 2.31. The fourth-order valence-corrected chi connectivity index (χ4v) is 6.71. The lowest BCUT2D eigenvalue weighted by Gasteiger charge is -2.13. The van der Waals surface area contributed by atoms with Gasteiger partial charge >= 0.3 is 35.8 Å². The van der Waals surface area contributed by atoms with Crippen molar-refractivity contribution in [3.05, 3.63) is 233 Å². The maximum Gasteiger partial charge on any atom is 0.347 e. The van der Waals surface area contributed by atoms with Crippen molar-refractivity contribution >= 4 is 48.0 Å². The molecule has 0 saturated carbocycles. The number of para-hydroxylation sites is 6. The quantitative estimate of drug-likeness (QED) is 0.0525. The number of hydrogen-bond donors (Lipinski definition) is 3. The molecule has 8 rings (SSSR count). The second-order valence-corrected chi connectivity index (χ2v) is 15.0. The molecule has 8 aromatic rings. The molecule has 0 bridgehead atoms. The van der Waals surface area contributed by atoms with Crippen LogP contribution in [-0.4, -0.2) is 51.1 Å². The van der Waals surface area contributed by atoms with Gasteiger partial charge < -0.3 is 43.7 Å². The minimum absolute atomic E-state index is 0.0497. The van der Waals surface area contributed by atoms with Crippen LogP contribution in [0.1, 0.15) is 73.3 Å². The number of esters is 6. The molecule has 71 heavy (non-hydrogen) atoms. The van der Waals surface area contributed by atoms with Gasteiger partial charge in [-0.3, -0.25) is 0 Å². The Balaban J connectivity index is 1.03. The van der Waals surface area contributed by atoms with Crippen LogP contribution in [0.3, 0.4) is 0 Å². The Morgan fingerprint density at radius 3 is 0.915 bits per heavy atom. The van der Waals surface area contributed by atoms with E-state index in [1.165, 1.54) is 152 Å². The molecule has 15 heteroatoms. The Morgan fingerprint density at radius 2 is 0.563 bits per heavy atom. The molecule has 0 aliphatic heterocycles. The highest BCUT2D eigenvalue weighted by atomic mass is 16.6. The lowest BCUT2D eigenvalue weighted by molar-refractivity contribution is 0.0683. The van der Waals surface area contributed by atoms with Gasteiger partial charge in [0.25, 0.3) is 0 Å². The number of carbonyl (C=O) groups is 6. The normalized spacial score (nSPS) is 10.7. The van der Waals surface area contributed by atoms with Crippen LogP contribution in [-0.2, 0) is 0 Å². The zero-order chi connectivity index (χ0) is 49.9. The van der Waals surface area contributed by atoms with Gasteiger partial charge in [-0.1, -0.05) is 97.1 Å². The van der Waals surface area contributed by atoms with Gasteiger partial charge in [-0.15, -0.1) is 0 Å². The lowest BCUT2D eigenvalue weighted by atomic mass is 10.1. The molecule has 0 radical (unpaired) electrons. The Labute approximate surface area is 403 Å². The first-order valence-corrected chi connectivity index (χ1v) is 21.3. The zero-order valence-electron chi connectivity index (χ0n) is 36.8. The van der Waals surface area contributed by atoms with Crippen molar-refractivity contribution in [1.82, 2.24) is 0 Å². The first-order valence-electron chi connectivity index (χ1n) is 21.3. The van der Waals surface area contributed by atoms with E-state index in [4.69, 9.17) is 28.4 Å². The van der Waals surface area contributed by atoms with E-state index in [9.17, 15) is 44.1 Å². The van der Waals surface area contributed by atoms with E-state index in [-0.39, 0.29) is 85.1 Å². The molecule has 0 saturated heterocycles. The lowest BCUT2D eigenvalue weighted by Crippen LogP contribution is -2.15. The number of benzene rings is 8. The number of phenols is 3. The van der Waals surface area contributed by atoms with Crippen molar-refractivity contribution in [3.8, 4) is 51.7 Å². The number of aromatic hydroxyl groups is 3. The summed E-state index contributed by atoms with van der Waals surface area (Å²) in [6.07, 6.45) is 3.27. The van der Waals surface area contributed by atoms with Gasteiger partial charge in [-0.05, 0) is 108 Å².